The normalized spacial score (nSPS) is 10.3. The fourth-order valence-electron chi connectivity index (χ4n) is 3.27. The van der Waals surface area contributed by atoms with Crippen LogP contribution in [0.5, 0.6) is 5.75 Å². The first kappa shape index (κ1) is 23.5. The van der Waals surface area contributed by atoms with E-state index in [0.29, 0.717) is 19.5 Å². The Morgan fingerprint density at radius 2 is 1.58 bits per heavy atom. The number of ether oxygens (including phenoxy) is 2. The van der Waals surface area contributed by atoms with Gasteiger partial charge in [-0.1, -0.05) is 60.7 Å². The van der Waals surface area contributed by atoms with Crippen LogP contribution in [0.3, 0.4) is 0 Å². The molecule has 0 fully saturated rings. The van der Waals surface area contributed by atoms with E-state index < -0.39 is 17.5 Å². The number of nitro groups is 1. The zero-order valence-corrected chi connectivity index (χ0v) is 18.2. The molecule has 0 unspecified atom stereocenters. The van der Waals surface area contributed by atoms with Gasteiger partial charge in [-0.25, -0.2) is 4.79 Å². The summed E-state index contributed by atoms with van der Waals surface area (Å²) < 4.78 is 10.1. The van der Waals surface area contributed by atoms with Gasteiger partial charge in [0.1, 0.15) is 0 Å². The first-order valence-electron chi connectivity index (χ1n) is 10.3. The van der Waals surface area contributed by atoms with Crippen LogP contribution < -0.4 is 4.74 Å². The maximum Gasteiger partial charge on any atom is 0.338 e. The molecule has 3 aromatic carbocycles. The van der Waals surface area contributed by atoms with Crippen molar-refractivity contribution < 1.29 is 24.0 Å². The lowest BCUT2D eigenvalue weighted by molar-refractivity contribution is -0.385. The summed E-state index contributed by atoms with van der Waals surface area (Å²) in [4.78, 5) is 37.5. The summed E-state index contributed by atoms with van der Waals surface area (Å²) in [5.41, 5.74) is 1.66. The molecule has 0 aliphatic carbocycles. The first-order valence-corrected chi connectivity index (χ1v) is 10.3. The zero-order valence-electron chi connectivity index (χ0n) is 18.2. The van der Waals surface area contributed by atoms with E-state index in [2.05, 4.69) is 0 Å². The number of nitrogens with zero attached hydrogens (tertiary/aromatic N) is 2. The number of carbonyl (C=O) groups is 2. The summed E-state index contributed by atoms with van der Waals surface area (Å²) in [6, 6.07) is 23.1. The number of hydrogen-bond acceptors (Lipinski definition) is 6. The Kier molecular flexibility index (Phi) is 8.13. The van der Waals surface area contributed by atoms with Crippen molar-refractivity contribution in [3.63, 3.8) is 0 Å². The average molecular weight is 448 g/mol. The van der Waals surface area contributed by atoms with E-state index in [4.69, 9.17) is 9.47 Å². The molecule has 0 saturated carbocycles. The molecule has 3 rings (SSSR count). The number of carbonyl (C=O) groups excluding carboxylic acids is 2. The Morgan fingerprint density at radius 3 is 2.18 bits per heavy atom. The summed E-state index contributed by atoms with van der Waals surface area (Å²) in [5.74, 6) is -1.15. The number of esters is 1. The van der Waals surface area contributed by atoms with E-state index in [0.717, 1.165) is 17.2 Å². The first-order chi connectivity index (χ1) is 16.0. The minimum Gasteiger partial charge on any atom is -0.490 e. The number of hydrogen-bond donors (Lipinski definition) is 0. The highest BCUT2D eigenvalue weighted by molar-refractivity contribution is 5.92. The molecule has 0 aliphatic heterocycles. The molecule has 0 atom stereocenters. The van der Waals surface area contributed by atoms with Gasteiger partial charge < -0.3 is 14.4 Å². The van der Waals surface area contributed by atoms with E-state index in [1.54, 1.807) is 4.90 Å². The molecular formula is C25H24N2O6. The largest absolute Gasteiger partial charge is 0.490 e. The minimum atomic E-state index is -0.822. The third-order valence-corrected chi connectivity index (χ3v) is 5.02. The zero-order chi connectivity index (χ0) is 23.6. The maximum atomic E-state index is 12.9. The van der Waals surface area contributed by atoms with Crippen LogP contribution in [-0.4, -0.2) is 42.0 Å². The molecule has 0 bridgehead atoms. The van der Waals surface area contributed by atoms with Crippen LogP contribution >= 0.6 is 0 Å². The lowest BCUT2D eigenvalue weighted by Gasteiger charge is -2.23. The maximum absolute atomic E-state index is 12.9. The monoisotopic (exact) mass is 448 g/mol. The topological polar surface area (TPSA) is 99.0 Å². The molecule has 0 spiro atoms. The SMILES string of the molecule is COc1ccc(C(=O)OCC(=O)N(CCc2ccccc2)Cc2ccccc2)cc1[N+](=O)[O-]. The lowest BCUT2D eigenvalue weighted by atomic mass is 10.1. The van der Waals surface area contributed by atoms with Crippen molar-refractivity contribution in [1.29, 1.82) is 0 Å². The molecule has 33 heavy (non-hydrogen) atoms. The Morgan fingerprint density at radius 1 is 0.939 bits per heavy atom. The van der Waals surface area contributed by atoms with Crippen LogP contribution in [0.1, 0.15) is 21.5 Å². The molecule has 0 aromatic heterocycles. The second kappa shape index (κ2) is 11.4. The van der Waals surface area contributed by atoms with Gasteiger partial charge in [0.15, 0.2) is 12.4 Å². The molecule has 8 heteroatoms. The smallest absolute Gasteiger partial charge is 0.338 e. The minimum absolute atomic E-state index is 0.0302. The van der Waals surface area contributed by atoms with Gasteiger partial charge in [0.25, 0.3) is 5.91 Å². The van der Waals surface area contributed by atoms with Gasteiger partial charge >= 0.3 is 11.7 Å². The van der Waals surface area contributed by atoms with E-state index in [-0.39, 0.29) is 22.9 Å². The van der Waals surface area contributed by atoms with Gasteiger partial charge in [-0.15, -0.1) is 0 Å². The lowest BCUT2D eigenvalue weighted by Crippen LogP contribution is -2.35. The molecule has 3 aromatic rings. The Hall–Kier alpha value is -4.20. The molecule has 0 saturated heterocycles. The fourth-order valence-corrected chi connectivity index (χ4v) is 3.27. The molecule has 8 nitrogen and oxygen atoms in total. The van der Waals surface area contributed by atoms with Crippen molar-refractivity contribution in [2.24, 2.45) is 0 Å². The second-order valence-electron chi connectivity index (χ2n) is 7.26. The highest BCUT2D eigenvalue weighted by atomic mass is 16.6. The quantitative estimate of drug-likeness (QED) is 0.264. The van der Waals surface area contributed by atoms with Crippen LogP contribution in [0.15, 0.2) is 78.9 Å². The van der Waals surface area contributed by atoms with E-state index in [1.165, 1.54) is 19.2 Å². The van der Waals surface area contributed by atoms with Crippen LogP contribution in [0.25, 0.3) is 0 Å². The predicted octanol–water partition coefficient (Wildman–Crippen LogP) is 4.03. The van der Waals surface area contributed by atoms with E-state index >= 15 is 0 Å². The number of methoxy groups -OCH3 is 1. The second-order valence-corrected chi connectivity index (χ2v) is 7.26. The van der Waals surface area contributed by atoms with Crippen molar-refractivity contribution in [2.75, 3.05) is 20.3 Å². The molecular weight excluding hydrogens is 424 g/mol. The van der Waals surface area contributed by atoms with Crippen molar-refractivity contribution in [2.45, 2.75) is 13.0 Å². The van der Waals surface area contributed by atoms with Crippen molar-refractivity contribution in [3.8, 4) is 5.75 Å². The van der Waals surface area contributed by atoms with Gasteiger partial charge in [0, 0.05) is 19.2 Å². The van der Waals surface area contributed by atoms with Crippen LogP contribution in [0.2, 0.25) is 0 Å². The molecule has 1 amide bonds. The average Bonchev–Trinajstić information content (AvgIpc) is 2.85. The molecule has 0 N–H and O–H groups in total. The van der Waals surface area contributed by atoms with Gasteiger partial charge in [-0.2, -0.15) is 0 Å². The van der Waals surface area contributed by atoms with Crippen LogP contribution in [0, 0.1) is 10.1 Å². The van der Waals surface area contributed by atoms with Crippen LogP contribution in [-0.2, 0) is 22.5 Å². The number of amides is 1. The summed E-state index contributed by atoms with van der Waals surface area (Å²) in [6.45, 7) is 0.349. The summed E-state index contributed by atoms with van der Waals surface area (Å²) >= 11 is 0. The van der Waals surface area contributed by atoms with Crippen LogP contribution in [0.4, 0.5) is 5.69 Å². The molecule has 170 valence electrons. The Labute approximate surface area is 191 Å². The van der Waals surface area contributed by atoms with Crippen molar-refractivity contribution in [1.82, 2.24) is 4.90 Å². The highest BCUT2D eigenvalue weighted by Crippen LogP contribution is 2.27. The number of rotatable bonds is 10. The Balaban J connectivity index is 1.67. The van der Waals surface area contributed by atoms with E-state index in [9.17, 15) is 19.7 Å². The molecule has 0 heterocycles. The Bertz CT molecular complexity index is 1100. The number of benzene rings is 3. The van der Waals surface area contributed by atoms with Gasteiger partial charge in [0.2, 0.25) is 0 Å². The molecule has 0 radical (unpaired) electrons. The summed E-state index contributed by atoms with van der Waals surface area (Å²) in [7, 11) is 1.30. The van der Waals surface area contributed by atoms with Crippen molar-refractivity contribution in [3.05, 3.63) is 106 Å². The fraction of sp³-hybridized carbons (Fsp3) is 0.200. The predicted molar refractivity (Wildman–Crippen MR) is 122 cm³/mol. The third kappa shape index (κ3) is 6.64. The van der Waals surface area contributed by atoms with Crippen molar-refractivity contribution >= 4 is 17.6 Å². The van der Waals surface area contributed by atoms with Gasteiger partial charge in [-0.05, 0) is 29.7 Å². The summed E-state index contributed by atoms with van der Waals surface area (Å²) in [5, 5.41) is 11.2. The summed E-state index contributed by atoms with van der Waals surface area (Å²) in [6.07, 6.45) is 0.651. The molecule has 0 aliphatic rings. The van der Waals surface area contributed by atoms with E-state index in [1.807, 2.05) is 60.7 Å². The third-order valence-electron chi connectivity index (χ3n) is 5.02. The standard InChI is InChI=1S/C25H24N2O6/c1-32-23-13-12-21(16-22(23)27(30)31)25(29)33-18-24(28)26(17-20-10-6-3-7-11-20)15-14-19-8-4-2-5-9-19/h2-13,16H,14-15,17-18H2,1H3. The van der Waals surface area contributed by atoms with Gasteiger partial charge in [0.05, 0.1) is 17.6 Å². The number of nitro benzene ring substituents is 1. The van der Waals surface area contributed by atoms with Gasteiger partial charge in [-0.3, -0.25) is 14.9 Å². The highest BCUT2D eigenvalue weighted by Gasteiger charge is 2.21.